The van der Waals surface area contributed by atoms with Gasteiger partial charge in [-0.25, -0.2) is 0 Å². The van der Waals surface area contributed by atoms with Gasteiger partial charge in [-0.1, -0.05) is 48.6 Å². The minimum atomic E-state index is -3.38. The Labute approximate surface area is 180 Å². The molecular weight excluding hydrogens is 422 g/mol. The highest BCUT2D eigenvalue weighted by molar-refractivity contribution is 7.55. The van der Waals surface area contributed by atoms with E-state index in [9.17, 15) is 9.13 Å². The fraction of sp³-hybridized carbons (Fsp3) is 0.545. The molecule has 2 rings (SSSR count). The first-order chi connectivity index (χ1) is 14.3. The summed E-state index contributed by atoms with van der Waals surface area (Å²) in [6.45, 7) is 8.24. The second-order valence-electron chi connectivity index (χ2n) is 7.13. The molecule has 1 aliphatic carbocycles. The van der Waals surface area contributed by atoms with Crippen molar-refractivity contribution < 1.29 is 27.2 Å². The summed E-state index contributed by atoms with van der Waals surface area (Å²) in [5.74, 6) is 0. The van der Waals surface area contributed by atoms with Gasteiger partial charge in [0.05, 0.1) is 38.8 Å². The van der Waals surface area contributed by atoms with E-state index < -0.39 is 20.6 Å². The molecule has 0 atom stereocenters. The predicted molar refractivity (Wildman–Crippen MR) is 122 cm³/mol. The van der Waals surface area contributed by atoms with Crippen molar-refractivity contribution in [2.24, 2.45) is 5.41 Å². The second kappa shape index (κ2) is 11.6. The molecule has 1 aromatic rings. The molecule has 0 radical (unpaired) electrons. The molecule has 0 saturated heterocycles. The van der Waals surface area contributed by atoms with Gasteiger partial charge in [0.25, 0.3) is 0 Å². The normalized spacial score (nSPS) is 16.5. The van der Waals surface area contributed by atoms with E-state index in [0.29, 0.717) is 6.42 Å². The molecule has 0 heterocycles. The number of hydrogen-bond acceptors (Lipinski definition) is 6. The fourth-order valence-electron chi connectivity index (χ4n) is 3.66. The second-order valence-corrected chi connectivity index (χ2v) is 11.2. The first kappa shape index (κ1) is 25.3. The van der Waals surface area contributed by atoms with Crippen molar-refractivity contribution in [3.8, 4) is 0 Å². The van der Waals surface area contributed by atoms with Crippen LogP contribution in [0.4, 0.5) is 0 Å². The molecule has 0 unspecified atom stereocenters. The molecule has 168 valence electrons. The van der Waals surface area contributed by atoms with Crippen LogP contribution in [0.25, 0.3) is 5.57 Å². The Bertz CT molecular complexity index is 766. The Morgan fingerprint density at radius 1 is 0.800 bits per heavy atom. The monoisotopic (exact) mass is 456 g/mol. The van der Waals surface area contributed by atoms with E-state index in [1.165, 1.54) is 0 Å². The quantitative estimate of drug-likeness (QED) is 0.314. The molecule has 8 heteroatoms. The summed E-state index contributed by atoms with van der Waals surface area (Å²) in [5.41, 5.74) is 1.44. The Morgan fingerprint density at radius 3 is 1.63 bits per heavy atom. The van der Waals surface area contributed by atoms with Crippen LogP contribution < -0.4 is 0 Å². The van der Waals surface area contributed by atoms with Crippen LogP contribution in [0.15, 0.2) is 48.6 Å². The third-order valence-electron chi connectivity index (χ3n) is 4.77. The van der Waals surface area contributed by atoms with Gasteiger partial charge in [-0.2, -0.15) is 0 Å². The van der Waals surface area contributed by atoms with Crippen LogP contribution in [0.2, 0.25) is 0 Å². The summed E-state index contributed by atoms with van der Waals surface area (Å²) in [5, 5.41) is 0. The zero-order chi connectivity index (χ0) is 22.1. The van der Waals surface area contributed by atoms with Gasteiger partial charge in [-0.05, 0) is 45.3 Å². The molecule has 1 aromatic carbocycles. The van der Waals surface area contributed by atoms with Crippen molar-refractivity contribution in [2.75, 3.05) is 38.8 Å². The Balaban J connectivity index is 2.38. The molecule has 0 aliphatic heterocycles. The van der Waals surface area contributed by atoms with E-state index in [0.717, 1.165) is 11.1 Å². The van der Waals surface area contributed by atoms with Crippen molar-refractivity contribution in [2.45, 2.75) is 34.1 Å². The lowest BCUT2D eigenvalue weighted by molar-refractivity contribution is 0.201. The first-order valence-electron chi connectivity index (χ1n) is 10.5. The Morgan fingerprint density at radius 2 is 1.27 bits per heavy atom. The van der Waals surface area contributed by atoms with Crippen molar-refractivity contribution in [1.82, 2.24) is 0 Å². The maximum atomic E-state index is 13.4. The van der Waals surface area contributed by atoms with Gasteiger partial charge in [0.1, 0.15) is 0 Å². The Kier molecular flexibility index (Phi) is 9.74. The van der Waals surface area contributed by atoms with E-state index >= 15 is 0 Å². The Hall–Kier alpha value is -1.00. The van der Waals surface area contributed by atoms with Crippen molar-refractivity contribution >= 4 is 20.8 Å². The molecule has 0 bridgehead atoms. The molecule has 0 amide bonds. The molecular formula is C22H34O6P2. The van der Waals surface area contributed by atoms with Crippen LogP contribution in [-0.4, -0.2) is 38.8 Å². The summed E-state index contributed by atoms with van der Waals surface area (Å²) < 4.78 is 48.9. The van der Waals surface area contributed by atoms with Crippen molar-refractivity contribution in [3.05, 3.63) is 54.1 Å². The van der Waals surface area contributed by atoms with Gasteiger partial charge in [0.2, 0.25) is 0 Å². The lowest BCUT2D eigenvalue weighted by Gasteiger charge is -2.36. The lowest BCUT2D eigenvalue weighted by Crippen LogP contribution is -2.30. The number of hydrogen-bond donors (Lipinski definition) is 0. The topological polar surface area (TPSA) is 71.1 Å². The maximum absolute atomic E-state index is 13.4. The van der Waals surface area contributed by atoms with E-state index in [2.05, 4.69) is 6.08 Å². The summed E-state index contributed by atoms with van der Waals surface area (Å²) >= 11 is 0. The molecule has 0 aromatic heterocycles. The smallest absolute Gasteiger partial charge is 0.309 e. The van der Waals surface area contributed by atoms with Crippen molar-refractivity contribution in [1.29, 1.82) is 0 Å². The lowest BCUT2D eigenvalue weighted by atomic mass is 9.82. The average molecular weight is 456 g/mol. The third-order valence-corrected chi connectivity index (χ3v) is 9.41. The van der Waals surface area contributed by atoms with Crippen LogP contribution in [0.3, 0.4) is 0 Å². The highest BCUT2D eigenvalue weighted by Crippen LogP contribution is 2.60. The number of benzene rings is 1. The van der Waals surface area contributed by atoms with Crippen molar-refractivity contribution in [3.63, 3.8) is 0 Å². The van der Waals surface area contributed by atoms with E-state index in [-0.39, 0.29) is 38.8 Å². The van der Waals surface area contributed by atoms with E-state index in [1.54, 1.807) is 27.7 Å². The summed E-state index contributed by atoms with van der Waals surface area (Å²) in [4.78, 5) is 0. The highest BCUT2D eigenvalue weighted by atomic mass is 31.2. The average Bonchev–Trinajstić information content (AvgIpc) is 2.69. The molecule has 1 aliphatic rings. The minimum Gasteiger partial charge on any atom is -0.309 e. The van der Waals surface area contributed by atoms with Crippen LogP contribution in [0.5, 0.6) is 0 Å². The minimum absolute atomic E-state index is 0.112. The van der Waals surface area contributed by atoms with Gasteiger partial charge in [-0.15, -0.1) is 0 Å². The first-order valence-corrected chi connectivity index (χ1v) is 14.0. The van der Waals surface area contributed by atoms with E-state index in [4.69, 9.17) is 18.1 Å². The molecule has 0 saturated carbocycles. The zero-order valence-electron chi connectivity index (χ0n) is 18.4. The maximum Gasteiger partial charge on any atom is 0.331 e. The van der Waals surface area contributed by atoms with Gasteiger partial charge in [-0.3, -0.25) is 9.13 Å². The molecule has 0 spiro atoms. The molecule has 0 N–H and O–H groups in total. The van der Waals surface area contributed by atoms with Crippen LogP contribution >= 0.6 is 15.2 Å². The highest BCUT2D eigenvalue weighted by Gasteiger charge is 2.44. The summed E-state index contributed by atoms with van der Waals surface area (Å²) in [7, 11) is -6.76. The van der Waals surface area contributed by atoms with Gasteiger partial charge in [0, 0.05) is 5.41 Å². The van der Waals surface area contributed by atoms with E-state index in [1.807, 2.05) is 42.5 Å². The predicted octanol–water partition coefficient (Wildman–Crippen LogP) is 6.55. The summed E-state index contributed by atoms with van der Waals surface area (Å²) in [6, 6.07) is 10.0. The number of allylic oxidation sites excluding steroid dienone is 4. The zero-order valence-corrected chi connectivity index (χ0v) is 20.2. The molecule has 0 fully saturated rings. The van der Waals surface area contributed by atoms with Crippen LogP contribution in [-0.2, 0) is 27.2 Å². The van der Waals surface area contributed by atoms with Gasteiger partial charge in [0.15, 0.2) is 0 Å². The summed E-state index contributed by atoms with van der Waals surface area (Å²) in [6.07, 6.45) is 6.80. The largest absolute Gasteiger partial charge is 0.331 e. The third kappa shape index (κ3) is 7.02. The van der Waals surface area contributed by atoms with Crippen LogP contribution in [0, 0.1) is 5.41 Å². The van der Waals surface area contributed by atoms with Gasteiger partial charge < -0.3 is 18.1 Å². The number of rotatable bonds is 13. The SMILES string of the molecule is CCOP(=O)(CC1(CP(=O)(OCC)OCC)C=CC(c2ccccc2)=CC1)OCC. The molecule has 6 nitrogen and oxygen atoms in total. The standard InChI is InChI=1S/C22H34O6P2/c1-5-25-29(23,26-6-2)18-22(19-30(24,27-7-3)28-8-4)16-14-21(15-17-22)20-12-10-9-11-13-20/h9-16H,5-8,17-19H2,1-4H3. The van der Waals surface area contributed by atoms with Gasteiger partial charge >= 0.3 is 15.2 Å². The fourth-order valence-corrected chi connectivity index (χ4v) is 8.16. The molecule has 30 heavy (non-hydrogen) atoms. The van der Waals surface area contributed by atoms with Crippen LogP contribution in [0.1, 0.15) is 39.7 Å².